The minimum absolute atomic E-state index is 0.198. The molecule has 0 radical (unpaired) electrons. The molecule has 0 bridgehead atoms. The van der Waals surface area contributed by atoms with Crippen LogP contribution in [0, 0.1) is 0 Å². The molecule has 0 heterocycles. The predicted molar refractivity (Wildman–Crippen MR) is 78.9 cm³/mol. The molecule has 0 aromatic heterocycles. The van der Waals surface area contributed by atoms with Gasteiger partial charge in [-0.1, -0.05) is 18.6 Å². The highest BCUT2D eigenvalue weighted by molar-refractivity contribution is 5.89. The first-order valence-corrected chi connectivity index (χ1v) is 6.92. The average molecular weight is 292 g/mol. The third kappa shape index (κ3) is 7.27. The van der Waals surface area contributed by atoms with Gasteiger partial charge in [0.15, 0.2) is 0 Å². The molecule has 0 saturated carbocycles. The molecule has 0 spiro atoms. The van der Waals surface area contributed by atoms with E-state index in [2.05, 4.69) is 0 Å². The number of aromatic carboxylic acids is 1. The van der Waals surface area contributed by atoms with E-state index in [9.17, 15) is 9.59 Å². The molecular weight excluding hydrogens is 272 g/mol. The number of carbonyl (C=O) groups is 2. The zero-order chi connectivity index (χ0) is 15.5. The van der Waals surface area contributed by atoms with E-state index in [0.29, 0.717) is 6.61 Å². The van der Waals surface area contributed by atoms with E-state index in [0.717, 1.165) is 31.2 Å². The molecule has 0 aliphatic rings. The van der Waals surface area contributed by atoms with Gasteiger partial charge in [0, 0.05) is 12.7 Å². The Kier molecular flexibility index (Phi) is 7.82. The highest BCUT2D eigenvalue weighted by atomic mass is 16.5. The highest BCUT2D eigenvalue weighted by Crippen LogP contribution is 2.06. The molecule has 1 aromatic carbocycles. The lowest BCUT2D eigenvalue weighted by Gasteiger charge is -2.01. The van der Waals surface area contributed by atoms with Crippen molar-refractivity contribution in [1.29, 1.82) is 0 Å². The maximum atomic E-state index is 11.4. The molecule has 0 atom stereocenters. The summed E-state index contributed by atoms with van der Waals surface area (Å²) in [4.78, 5) is 22.1. The minimum atomic E-state index is -0.980. The van der Waals surface area contributed by atoms with E-state index in [1.54, 1.807) is 18.2 Å². The second kappa shape index (κ2) is 9.72. The molecule has 1 rings (SSSR count). The first-order chi connectivity index (χ1) is 10.1. The van der Waals surface area contributed by atoms with Crippen LogP contribution >= 0.6 is 0 Å². The van der Waals surface area contributed by atoms with Gasteiger partial charge in [0.1, 0.15) is 0 Å². The van der Waals surface area contributed by atoms with Crippen LogP contribution in [0.3, 0.4) is 0 Å². The van der Waals surface area contributed by atoms with Gasteiger partial charge >= 0.3 is 11.9 Å². The summed E-state index contributed by atoms with van der Waals surface area (Å²) in [6.45, 7) is 0.565. The SMILES string of the molecule is O=C(/C=C/c1ccc(C(=O)O)cc1)OCCCCCCO. The fraction of sp³-hybridized carbons (Fsp3) is 0.375. The molecule has 0 fully saturated rings. The number of rotatable bonds is 9. The topological polar surface area (TPSA) is 83.8 Å². The second-order valence-electron chi connectivity index (χ2n) is 4.57. The summed E-state index contributed by atoms with van der Waals surface area (Å²) in [6.07, 6.45) is 6.32. The molecule has 0 aliphatic carbocycles. The number of unbranched alkanes of at least 4 members (excludes halogenated alkanes) is 3. The molecule has 21 heavy (non-hydrogen) atoms. The van der Waals surface area contributed by atoms with Crippen LogP contribution in [0.2, 0.25) is 0 Å². The Bertz CT molecular complexity index is 476. The lowest BCUT2D eigenvalue weighted by atomic mass is 10.1. The smallest absolute Gasteiger partial charge is 0.335 e. The Balaban J connectivity index is 2.28. The number of carbonyl (C=O) groups excluding carboxylic acids is 1. The number of hydrogen-bond donors (Lipinski definition) is 2. The van der Waals surface area contributed by atoms with Crippen LogP contribution in [0.1, 0.15) is 41.6 Å². The first kappa shape index (κ1) is 16.9. The Morgan fingerprint density at radius 3 is 2.33 bits per heavy atom. The maximum absolute atomic E-state index is 11.4. The lowest BCUT2D eigenvalue weighted by Crippen LogP contribution is -2.02. The van der Waals surface area contributed by atoms with Gasteiger partial charge in [-0.15, -0.1) is 0 Å². The summed E-state index contributed by atoms with van der Waals surface area (Å²) in [5, 5.41) is 17.4. The summed E-state index contributed by atoms with van der Waals surface area (Å²) in [6, 6.07) is 6.22. The molecule has 0 aliphatic heterocycles. The number of carboxylic acid groups (broad SMARTS) is 1. The van der Waals surface area contributed by atoms with Crippen LogP contribution in [0.25, 0.3) is 6.08 Å². The van der Waals surface area contributed by atoms with Crippen molar-refractivity contribution in [2.24, 2.45) is 0 Å². The van der Waals surface area contributed by atoms with Crippen molar-refractivity contribution in [3.63, 3.8) is 0 Å². The van der Waals surface area contributed by atoms with Crippen molar-refractivity contribution in [2.75, 3.05) is 13.2 Å². The fourth-order valence-corrected chi connectivity index (χ4v) is 1.69. The van der Waals surface area contributed by atoms with E-state index in [4.69, 9.17) is 14.9 Å². The predicted octanol–water partition coefficient (Wildman–Crippen LogP) is 2.49. The molecule has 5 nitrogen and oxygen atoms in total. The van der Waals surface area contributed by atoms with Gasteiger partial charge in [0.2, 0.25) is 0 Å². The third-order valence-corrected chi connectivity index (χ3v) is 2.87. The summed E-state index contributed by atoms with van der Waals surface area (Å²) >= 11 is 0. The van der Waals surface area contributed by atoms with Crippen LogP contribution in [-0.4, -0.2) is 35.4 Å². The molecule has 0 unspecified atom stereocenters. The van der Waals surface area contributed by atoms with Crippen molar-refractivity contribution in [3.05, 3.63) is 41.5 Å². The molecular formula is C16H20O5. The zero-order valence-corrected chi connectivity index (χ0v) is 11.8. The van der Waals surface area contributed by atoms with Crippen LogP contribution in [0.4, 0.5) is 0 Å². The van der Waals surface area contributed by atoms with E-state index >= 15 is 0 Å². The number of esters is 1. The Hall–Kier alpha value is -2.14. The average Bonchev–Trinajstić information content (AvgIpc) is 2.49. The second-order valence-corrected chi connectivity index (χ2v) is 4.57. The summed E-state index contributed by atoms with van der Waals surface area (Å²) in [5.41, 5.74) is 0.942. The third-order valence-electron chi connectivity index (χ3n) is 2.87. The number of carboxylic acids is 1. The fourth-order valence-electron chi connectivity index (χ4n) is 1.69. The number of benzene rings is 1. The minimum Gasteiger partial charge on any atom is -0.478 e. The molecule has 0 saturated heterocycles. The number of ether oxygens (including phenoxy) is 1. The van der Waals surface area contributed by atoms with Gasteiger partial charge in [-0.3, -0.25) is 0 Å². The number of hydrogen-bond acceptors (Lipinski definition) is 4. The van der Waals surface area contributed by atoms with E-state index < -0.39 is 11.9 Å². The summed E-state index contributed by atoms with van der Waals surface area (Å²) < 4.78 is 5.02. The van der Waals surface area contributed by atoms with Gasteiger partial charge in [0.05, 0.1) is 12.2 Å². The van der Waals surface area contributed by atoms with Crippen molar-refractivity contribution < 1.29 is 24.5 Å². The highest BCUT2D eigenvalue weighted by Gasteiger charge is 2.01. The quantitative estimate of drug-likeness (QED) is 0.415. The maximum Gasteiger partial charge on any atom is 0.335 e. The summed E-state index contributed by atoms with van der Waals surface area (Å²) in [7, 11) is 0. The molecule has 0 amide bonds. The van der Waals surface area contributed by atoms with Crippen LogP contribution in [-0.2, 0) is 9.53 Å². The van der Waals surface area contributed by atoms with Crippen molar-refractivity contribution >= 4 is 18.0 Å². The van der Waals surface area contributed by atoms with Gasteiger partial charge in [-0.2, -0.15) is 0 Å². The van der Waals surface area contributed by atoms with E-state index in [-0.39, 0.29) is 12.2 Å². The Morgan fingerprint density at radius 2 is 1.71 bits per heavy atom. The first-order valence-electron chi connectivity index (χ1n) is 6.92. The lowest BCUT2D eigenvalue weighted by molar-refractivity contribution is -0.137. The van der Waals surface area contributed by atoms with Crippen molar-refractivity contribution in [2.45, 2.75) is 25.7 Å². The van der Waals surface area contributed by atoms with Crippen LogP contribution < -0.4 is 0 Å². The van der Waals surface area contributed by atoms with Gasteiger partial charge in [-0.25, -0.2) is 9.59 Å². The normalized spacial score (nSPS) is 10.7. The number of aliphatic hydroxyl groups is 1. The molecule has 5 heteroatoms. The van der Waals surface area contributed by atoms with E-state index in [1.807, 2.05) is 0 Å². The standard InChI is InChI=1S/C16H20O5/c17-11-3-1-2-4-12-21-15(18)10-7-13-5-8-14(9-6-13)16(19)20/h5-10,17H,1-4,11-12H2,(H,19,20)/b10-7+. The molecule has 114 valence electrons. The van der Waals surface area contributed by atoms with Crippen LogP contribution in [0.15, 0.2) is 30.3 Å². The van der Waals surface area contributed by atoms with Crippen LogP contribution in [0.5, 0.6) is 0 Å². The van der Waals surface area contributed by atoms with Crippen molar-refractivity contribution in [3.8, 4) is 0 Å². The molecule has 2 N–H and O–H groups in total. The largest absolute Gasteiger partial charge is 0.478 e. The molecule has 1 aromatic rings. The van der Waals surface area contributed by atoms with Crippen molar-refractivity contribution in [1.82, 2.24) is 0 Å². The zero-order valence-electron chi connectivity index (χ0n) is 11.8. The Morgan fingerprint density at radius 1 is 1.05 bits per heavy atom. The van der Waals surface area contributed by atoms with Gasteiger partial charge < -0.3 is 14.9 Å². The Labute approximate surface area is 123 Å². The van der Waals surface area contributed by atoms with E-state index in [1.165, 1.54) is 18.2 Å². The van der Waals surface area contributed by atoms with Gasteiger partial charge in [-0.05, 0) is 43.0 Å². The summed E-state index contributed by atoms with van der Waals surface area (Å²) in [5.74, 6) is -1.40. The number of aliphatic hydroxyl groups excluding tert-OH is 1. The van der Waals surface area contributed by atoms with Gasteiger partial charge in [0.25, 0.3) is 0 Å². The monoisotopic (exact) mass is 292 g/mol.